The molecule has 0 fully saturated rings. The van der Waals surface area contributed by atoms with Crippen molar-refractivity contribution < 1.29 is 9.13 Å². The van der Waals surface area contributed by atoms with E-state index >= 15 is 0 Å². The summed E-state index contributed by atoms with van der Waals surface area (Å²) < 4.78 is 18.4. The van der Waals surface area contributed by atoms with Gasteiger partial charge in [0.05, 0.1) is 5.02 Å². The Bertz CT molecular complexity index is 560. The minimum Gasteiger partial charge on any atom is -0.437 e. The second kappa shape index (κ2) is 5.33. The first-order valence-electron chi connectivity index (χ1n) is 5.40. The number of benzene rings is 1. The lowest BCUT2D eigenvalue weighted by atomic mass is 10.1. The topological polar surface area (TPSA) is 48.1 Å². The monoisotopic (exact) mass is 266 g/mol. The van der Waals surface area contributed by atoms with Crippen LogP contribution >= 0.6 is 11.6 Å². The van der Waals surface area contributed by atoms with Crippen molar-refractivity contribution in [2.24, 2.45) is 5.73 Å². The molecule has 0 saturated heterocycles. The number of pyridine rings is 1. The van der Waals surface area contributed by atoms with Crippen molar-refractivity contribution in [3.8, 4) is 11.6 Å². The van der Waals surface area contributed by atoms with Crippen LogP contribution in [-0.2, 0) is 0 Å². The smallest absolute Gasteiger partial charge is 0.219 e. The molecule has 0 bridgehead atoms. The summed E-state index contributed by atoms with van der Waals surface area (Å²) in [5.41, 5.74) is 6.67. The van der Waals surface area contributed by atoms with Gasteiger partial charge in [0.2, 0.25) is 5.88 Å². The van der Waals surface area contributed by atoms with E-state index < -0.39 is 5.82 Å². The molecule has 0 aliphatic heterocycles. The molecule has 2 rings (SSSR count). The van der Waals surface area contributed by atoms with Crippen LogP contribution < -0.4 is 10.5 Å². The van der Waals surface area contributed by atoms with E-state index in [-0.39, 0.29) is 11.1 Å². The van der Waals surface area contributed by atoms with Crippen LogP contribution in [0.4, 0.5) is 4.39 Å². The standard InChI is InChI=1S/C13H12ClFN2O/c1-8(16)9-4-5-17-13(6-9)18-12-3-2-10(15)7-11(12)14/h2-8H,16H2,1H3/t8-/m0/s1. The third-order valence-electron chi connectivity index (χ3n) is 2.39. The summed E-state index contributed by atoms with van der Waals surface area (Å²) in [5.74, 6) is 0.315. The molecule has 0 aliphatic carbocycles. The number of halogens is 2. The summed E-state index contributed by atoms with van der Waals surface area (Å²) in [6.45, 7) is 1.87. The van der Waals surface area contributed by atoms with Gasteiger partial charge in [0, 0.05) is 18.3 Å². The highest BCUT2D eigenvalue weighted by atomic mass is 35.5. The molecule has 18 heavy (non-hydrogen) atoms. The summed E-state index contributed by atoms with van der Waals surface area (Å²) in [6, 6.07) is 7.34. The molecule has 0 amide bonds. The fourth-order valence-electron chi connectivity index (χ4n) is 1.43. The van der Waals surface area contributed by atoms with Gasteiger partial charge in [-0.2, -0.15) is 0 Å². The molecule has 94 valence electrons. The SMILES string of the molecule is C[C@H](N)c1ccnc(Oc2ccc(F)cc2Cl)c1. The lowest BCUT2D eigenvalue weighted by molar-refractivity contribution is 0.460. The number of aromatic nitrogens is 1. The molecule has 2 N–H and O–H groups in total. The Kier molecular flexibility index (Phi) is 3.79. The minimum absolute atomic E-state index is 0.112. The molecule has 0 radical (unpaired) electrons. The molecule has 1 aromatic heterocycles. The lowest BCUT2D eigenvalue weighted by Gasteiger charge is -2.09. The Labute approximate surface area is 109 Å². The zero-order chi connectivity index (χ0) is 13.1. The predicted octanol–water partition coefficient (Wildman–Crippen LogP) is 3.69. The van der Waals surface area contributed by atoms with E-state index in [1.807, 2.05) is 13.0 Å². The highest BCUT2D eigenvalue weighted by molar-refractivity contribution is 6.32. The molecular formula is C13H12ClFN2O. The molecular weight excluding hydrogens is 255 g/mol. The molecule has 0 spiro atoms. The van der Waals surface area contributed by atoms with Crippen LogP contribution in [0.1, 0.15) is 18.5 Å². The third-order valence-corrected chi connectivity index (χ3v) is 2.69. The first-order chi connectivity index (χ1) is 8.56. The van der Waals surface area contributed by atoms with Crippen molar-refractivity contribution in [2.45, 2.75) is 13.0 Å². The zero-order valence-corrected chi connectivity index (χ0v) is 10.5. The van der Waals surface area contributed by atoms with Crippen LogP contribution in [0.25, 0.3) is 0 Å². The molecule has 1 atom stereocenters. The Morgan fingerprint density at radius 3 is 2.78 bits per heavy atom. The van der Waals surface area contributed by atoms with E-state index in [1.165, 1.54) is 18.2 Å². The van der Waals surface area contributed by atoms with Crippen LogP contribution in [0, 0.1) is 5.82 Å². The van der Waals surface area contributed by atoms with Crippen molar-refractivity contribution in [3.63, 3.8) is 0 Å². The highest BCUT2D eigenvalue weighted by Crippen LogP contribution is 2.29. The fourth-order valence-corrected chi connectivity index (χ4v) is 1.64. The van der Waals surface area contributed by atoms with Crippen molar-refractivity contribution in [1.82, 2.24) is 4.98 Å². The molecule has 1 aromatic carbocycles. The van der Waals surface area contributed by atoms with Crippen LogP contribution in [0.15, 0.2) is 36.5 Å². The number of nitrogens with zero attached hydrogens (tertiary/aromatic N) is 1. The maximum absolute atomic E-state index is 12.9. The number of rotatable bonds is 3. The molecule has 2 aromatic rings. The first-order valence-corrected chi connectivity index (χ1v) is 5.78. The predicted molar refractivity (Wildman–Crippen MR) is 68.3 cm³/mol. The summed E-state index contributed by atoms with van der Waals surface area (Å²) >= 11 is 5.86. The Hall–Kier alpha value is -1.65. The average molecular weight is 267 g/mol. The molecule has 0 aliphatic rings. The molecule has 1 heterocycles. The van der Waals surface area contributed by atoms with Gasteiger partial charge in [-0.25, -0.2) is 9.37 Å². The Morgan fingerprint density at radius 1 is 1.33 bits per heavy atom. The number of hydrogen-bond acceptors (Lipinski definition) is 3. The van der Waals surface area contributed by atoms with Gasteiger partial charge in [-0.05, 0) is 36.8 Å². The van der Waals surface area contributed by atoms with Crippen LogP contribution in [0.5, 0.6) is 11.6 Å². The van der Waals surface area contributed by atoms with E-state index in [2.05, 4.69) is 4.98 Å². The third kappa shape index (κ3) is 2.97. The van der Waals surface area contributed by atoms with Gasteiger partial charge in [-0.3, -0.25) is 0 Å². The highest BCUT2D eigenvalue weighted by Gasteiger charge is 2.07. The van der Waals surface area contributed by atoms with E-state index in [1.54, 1.807) is 12.3 Å². The normalized spacial score (nSPS) is 12.2. The molecule has 0 unspecified atom stereocenters. The van der Waals surface area contributed by atoms with Crippen LogP contribution in [0.3, 0.4) is 0 Å². The summed E-state index contributed by atoms with van der Waals surface area (Å²) in [4.78, 5) is 4.05. The van der Waals surface area contributed by atoms with Gasteiger partial charge in [-0.15, -0.1) is 0 Å². The van der Waals surface area contributed by atoms with Crippen molar-refractivity contribution >= 4 is 11.6 Å². The van der Waals surface area contributed by atoms with Crippen LogP contribution in [0.2, 0.25) is 5.02 Å². The first kappa shape index (κ1) is 12.8. The molecule has 0 saturated carbocycles. The van der Waals surface area contributed by atoms with E-state index in [4.69, 9.17) is 22.1 Å². The van der Waals surface area contributed by atoms with Gasteiger partial charge in [0.15, 0.2) is 0 Å². The minimum atomic E-state index is -0.412. The largest absolute Gasteiger partial charge is 0.437 e. The van der Waals surface area contributed by atoms with Crippen molar-refractivity contribution in [2.75, 3.05) is 0 Å². The van der Waals surface area contributed by atoms with Crippen molar-refractivity contribution in [3.05, 3.63) is 52.9 Å². The van der Waals surface area contributed by atoms with Gasteiger partial charge in [-0.1, -0.05) is 11.6 Å². The van der Waals surface area contributed by atoms with Gasteiger partial charge in [0.25, 0.3) is 0 Å². The summed E-state index contributed by atoms with van der Waals surface area (Å²) in [6.07, 6.45) is 1.60. The average Bonchev–Trinajstić information content (AvgIpc) is 2.33. The van der Waals surface area contributed by atoms with E-state index in [0.717, 1.165) is 5.56 Å². The van der Waals surface area contributed by atoms with Crippen LogP contribution in [-0.4, -0.2) is 4.98 Å². The molecule has 3 nitrogen and oxygen atoms in total. The zero-order valence-electron chi connectivity index (χ0n) is 9.73. The van der Waals surface area contributed by atoms with E-state index in [0.29, 0.717) is 11.6 Å². The maximum Gasteiger partial charge on any atom is 0.219 e. The second-order valence-electron chi connectivity index (χ2n) is 3.89. The van der Waals surface area contributed by atoms with Gasteiger partial charge in [0.1, 0.15) is 11.6 Å². The molecule has 5 heteroatoms. The van der Waals surface area contributed by atoms with Gasteiger partial charge >= 0.3 is 0 Å². The summed E-state index contributed by atoms with van der Waals surface area (Å²) in [7, 11) is 0. The summed E-state index contributed by atoms with van der Waals surface area (Å²) in [5, 5.41) is 0.197. The second-order valence-corrected chi connectivity index (χ2v) is 4.30. The fraction of sp³-hybridized carbons (Fsp3) is 0.154. The number of nitrogens with two attached hydrogens (primary N) is 1. The quantitative estimate of drug-likeness (QED) is 0.922. The number of hydrogen-bond donors (Lipinski definition) is 1. The van der Waals surface area contributed by atoms with Crippen molar-refractivity contribution in [1.29, 1.82) is 0 Å². The number of ether oxygens (including phenoxy) is 1. The Morgan fingerprint density at radius 2 is 2.11 bits per heavy atom. The van der Waals surface area contributed by atoms with Gasteiger partial charge < -0.3 is 10.5 Å². The van der Waals surface area contributed by atoms with E-state index in [9.17, 15) is 4.39 Å². The Balaban J connectivity index is 2.25. The maximum atomic E-state index is 12.9. The lowest BCUT2D eigenvalue weighted by Crippen LogP contribution is -2.05.